The third kappa shape index (κ3) is 2.04. The monoisotopic (exact) mass is 236 g/mol. The first-order chi connectivity index (χ1) is 8.72. The zero-order valence-corrected chi connectivity index (χ0v) is 10.7. The van der Waals surface area contributed by atoms with Crippen LogP contribution in [0.25, 0.3) is 6.08 Å². The SMILES string of the molecule is Cc1cc(C)cc([C@H]2C=Cc3ccccc3O2)c1. The van der Waals surface area contributed by atoms with Crippen LogP contribution in [0.1, 0.15) is 28.4 Å². The Hall–Kier alpha value is -2.02. The zero-order chi connectivity index (χ0) is 12.5. The minimum atomic E-state index is 0.0264. The van der Waals surface area contributed by atoms with Crippen molar-refractivity contribution >= 4 is 6.08 Å². The van der Waals surface area contributed by atoms with E-state index < -0.39 is 0 Å². The predicted octanol–water partition coefficient (Wildman–Crippen LogP) is 4.45. The first-order valence-corrected chi connectivity index (χ1v) is 6.24. The Morgan fingerprint density at radius 1 is 0.944 bits per heavy atom. The molecule has 3 rings (SSSR count). The molecule has 18 heavy (non-hydrogen) atoms. The molecule has 2 aromatic rings. The number of rotatable bonds is 1. The average Bonchev–Trinajstić information content (AvgIpc) is 2.37. The number of ether oxygens (including phenoxy) is 1. The van der Waals surface area contributed by atoms with Crippen molar-refractivity contribution in [3.8, 4) is 5.75 Å². The molecule has 1 aliphatic heterocycles. The van der Waals surface area contributed by atoms with E-state index in [4.69, 9.17) is 4.74 Å². The van der Waals surface area contributed by atoms with Crippen molar-refractivity contribution in [1.82, 2.24) is 0 Å². The van der Waals surface area contributed by atoms with Crippen LogP contribution in [0.4, 0.5) is 0 Å². The second-order valence-electron chi connectivity index (χ2n) is 4.86. The van der Waals surface area contributed by atoms with Gasteiger partial charge in [0.15, 0.2) is 0 Å². The molecule has 0 amide bonds. The first kappa shape index (κ1) is 11.1. The van der Waals surface area contributed by atoms with E-state index in [9.17, 15) is 0 Å². The second-order valence-corrected chi connectivity index (χ2v) is 4.86. The Morgan fingerprint density at radius 2 is 1.67 bits per heavy atom. The predicted molar refractivity (Wildman–Crippen MR) is 74.8 cm³/mol. The van der Waals surface area contributed by atoms with E-state index in [2.05, 4.69) is 50.3 Å². The van der Waals surface area contributed by atoms with E-state index in [0.29, 0.717) is 0 Å². The maximum atomic E-state index is 6.04. The molecule has 1 nitrogen and oxygen atoms in total. The molecule has 0 aromatic heterocycles. The van der Waals surface area contributed by atoms with E-state index in [0.717, 1.165) is 11.3 Å². The van der Waals surface area contributed by atoms with Gasteiger partial charge >= 0.3 is 0 Å². The second kappa shape index (κ2) is 4.34. The van der Waals surface area contributed by atoms with Gasteiger partial charge in [-0.1, -0.05) is 53.6 Å². The standard InChI is InChI=1S/C17H16O/c1-12-9-13(2)11-15(10-12)17-8-7-14-5-3-4-6-16(14)18-17/h3-11,17H,1-2H3/t17-/m1/s1. The maximum Gasteiger partial charge on any atom is 0.142 e. The van der Waals surface area contributed by atoms with Crippen LogP contribution in [0.2, 0.25) is 0 Å². The molecule has 0 radical (unpaired) electrons. The molecule has 0 spiro atoms. The normalized spacial score (nSPS) is 17.1. The summed E-state index contributed by atoms with van der Waals surface area (Å²) < 4.78 is 6.04. The largest absolute Gasteiger partial charge is 0.481 e. The lowest BCUT2D eigenvalue weighted by Crippen LogP contribution is -2.09. The molecule has 90 valence electrons. The molecule has 0 unspecified atom stereocenters. The number of hydrogen-bond acceptors (Lipinski definition) is 1. The summed E-state index contributed by atoms with van der Waals surface area (Å²) in [7, 11) is 0. The molecule has 0 saturated carbocycles. The molecule has 0 N–H and O–H groups in total. The highest BCUT2D eigenvalue weighted by atomic mass is 16.5. The molecule has 1 heterocycles. The maximum absolute atomic E-state index is 6.04. The summed E-state index contributed by atoms with van der Waals surface area (Å²) in [6, 6.07) is 14.7. The summed E-state index contributed by atoms with van der Waals surface area (Å²) >= 11 is 0. The third-order valence-corrected chi connectivity index (χ3v) is 3.20. The molecule has 0 fully saturated rings. The van der Waals surface area contributed by atoms with Crippen LogP contribution in [0.5, 0.6) is 5.75 Å². The van der Waals surface area contributed by atoms with Gasteiger partial charge in [-0.15, -0.1) is 0 Å². The van der Waals surface area contributed by atoms with Gasteiger partial charge in [0, 0.05) is 5.56 Å². The molecule has 0 aliphatic carbocycles. The van der Waals surface area contributed by atoms with Crippen molar-refractivity contribution in [2.24, 2.45) is 0 Å². The summed E-state index contributed by atoms with van der Waals surface area (Å²) in [4.78, 5) is 0. The topological polar surface area (TPSA) is 9.23 Å². The molecule has 2 aromatic carbocycles. The van der Waals surface area contributed by atoms with Crippen LogP contribution in [0.3, 0.4) is 0 Å². The van der Waals surface area contributed by atoms with Crippen LogP contribution in [0.15, 0.2) is 48.5 Å². The highest BCUT2D eigenvalue weighted by Gasteiger charge is 2.16. The van der Waals surface area contributed by atoms with Crippen LogP contribution in [-0.2, 0) is 0 Å². The number of fused-ring (bicyclic) bond motifs is 1. The van der Waals surface area contributed by atoms with Gasteiger partial charge in [-0.05, 0) is 31.6 Å². The minimum Gasteiger partial charge on any atom is -0.481 e. The zero-order valence-electron chi connectivity index (χ0n) is 10.7. The van der Waals surface area contributed by atoms with Crippen LogP contribution in [0, 0.1) is 13.8 Å². The van der Waals surface area contributed by atoms with Crippen LogP contribution < -0.4 is 4.74 Å². The summed E-state index contributed by atoms with van der Waals surface area (Å²) in [6.45, 7) is 4.24. The smallest absolute Gasteiger partial charge is 0.142 e. The van der Waals surface area contributed by atoms with Crippen molar-refractivity contribution in [3.05, 3.63) is 70.8 Å². The molecular formula is C17H16O. The average molecular weight is 236 g/mol. The van der Waals surface area contributed by atoms with Crippen molar-refractivity contribution in [1.29, 1.82) is 0 Å². The molecule has 1 heteroatoms. The van der Waals surface area contributed by atoms with Gasteiger partial charge < -0.3 is 4.74 Å². The van der Waals surface area contributed by atoms with Gasteiger partial charge in [0.05, 0.1) is 0 Å². The van der Waals surface area contributed by atoms with E-state index in [1.165, 1.54) is 16.7 Å². The van der Waals surface area contributed by atoms with Crippen molar-refractivity contribution < 1.29 is 4.74 Å². The number of aryl methyl sites for hydroxylation is 2. The Labute approximate surface area is 108 Å². The number of benzene rings is 2. The number of para-hydroxylation sites is 1. The molecule has 0 bridgehead atoms. The summed E-state index contributed by atoms with van der Waals surface area (Å²) in [5, 5.41) is 0. The van der Waals surface area contributed by atoms with Crippen molar-refractivity contribution in [3.63, 3.8) is 0 Å². The Morgan fingerprint density at radius 3 is 2.44 bits per heavy atom. The van der Waals surface area contributed by atoms with Gasteiger partial charge in [-0.3, -0.25) is 0 Å². The van der Waals surface area contributed by atoms with Crippen LogP contribution in [-0.4, -0.2) is 0 Å². The van der Waals surface area contributed by atoms with Crippen molar-refractivity contribution in [2.45, 2.75) is 20.0 Å². The molecule has 1 aliphatic rings. The minimum absolute atomic E-state index is 0.0264. The first-order valence-electron chi connectivity index (χ1n) is 6.24. The van der Waals surface area contributed by atoms with E-state index >= 15 is 0 Å². The van der Waals surface area contributed by atoms with E-state index in [-0.39, 0.29) is 6.10 Å². The van der Waals surface area contributed by atoms with Crippen LogP contribution >= 0.6 is 0 Å². The van der Waals surface area contributed by atoms with Gasteiger partial charge in [-0.2, -0.15) is 0 Å². The molecule has 0 saturated heterocycles. The lowest BCUT2D eigenvalue weighted by atomic mass is 10.0. The lowest BCUT2D eigenvalue weighted by molar-refractivity contribution is 0.251. The fourth-order valence-corrected chi connectivity index (χ4v) is 2.45. The Bertz CT molecular complexity index is 591. The fraction of sp³-hybridized carbons (Fsp3) is 0.176. The highest BCUT2D eigenvalue weighted by Crippen LogP contribution is 2.32. The highest BCUT2D eigenvalue weighted by molar-refractivity contribution is 5.60. The lowest BCUT2D eigenvalue weighted by Gasteiger charge is -2.22. The molecule has 1 atom stereocenters. The fourth-order valence-electron chi connectivity index (χ4n) is 2.45. The van der Waals surface area contributed by atoms with Gasteiger partial charge in [0.25, 0.3) is 0 Å². The third-order valence-electron chi connectivity index (χ3n) is 3.20. The quantitative estimate of drug-likeness (QED) is 0.710. The Balaban J connectivity index is 1.97. The Kier molecular flexibility index (Phi) is 2.67. The van der Waals surface area contributed by atoms with Gasteiger partial charge in [0.2, 0.25) is 0 Å². The van der Waals surface area contributed by atoms with Crippen molar-refractivity contribution in [2.75, 3.05) is 0 Å². The summed E-state index contributed by atoms with van der Waals surface area (Å²) in [6.07, 6.45) is 4.29. The van der Waals surface area contributed by atoms with Gasteiger partial charge in [0.1, 0.15) is 11.9 Å². The van der Waals surface area contributed by atoms with E-state index in [1.54, 1.807) is 0 Å². The summed E-state index contributed by atoms with van der Waals surface area (Å²) in [5.74, 6) is 0.962. The summed E-state index contributed by atoms with van der Waals surface area (Å²) in [5.41, 5.74) is 4.93. The number of hydrogen-bond donors (Lipinski definition) is 0. The molecular weight excluding hydrogens is 220 g/mol. The van der Waals surface area contributed by atoms with Gasteiger partial charge in [-0.25, -0.2) is 0 Å². The van der Waals surface area contributed by atoms with E-state index in [1.807, 2.05) is 18.2 Å².